The number of hydrogen-bond acceptors (Lipinski definition) is 5. The molecule has 8 heteroatoms. The molecule has 4 aromatic rings. The van der Waals surface area contributed by atoms with Gasteiger partial charge in [0.15, 0.2) is 5.82 Å². The second kappa shape index (κ2) is 8.69. The van der Waals surface area contributed by atoms with Crippen LogP contribution < -0.4 is 5.32 Å². The zero-order valence-corrected chi connectivity index (χ0v) is 18.3. The number of aromatic nitrogens is 5. The van der Waals surface area contributed by atoms with Gasteiger partial charge >= 0.3 is 0 Å². The van der Waals surface area contributed by atoms with E-state index in [2.05, 4.69) is 56.4 Å². The highest BCUT2D eigenvalue weighted by Gasteiger charge is 2.17. The first-order valence-electron chi connectivity index (χ1n) is 10.5. The molecule has 0 atom stereocenters. The van der Waals surface area contributed by atoms with Crippen molar-refractivity contribution < 1.29 is 4.79 Å². The summed E-state index contributed by atoms with van der Waals surface area (Å²) in [5, 5.41) is 11.8. The zero-order valence-electron chi connectivity index (χ0n) is 18.3. The van der Waals surface area contributed by atoms with Crippen LogP contribution in [0.1, 0.15) is 35.5 Å². The molecule has 0 unspecified atom stereocenters. The molecule has 0 aliphatic heterocycles. The Bertz CT molecular complexity index is 1220. The van der Waals surface area contributed by atoms with E-state index in [0.29, 0.717) is 23.8 Å². The Kier molecular flexibility index (Phi) is 5.81. The third-order valence-electron chi connectivity index (χ3n) is 5.61. The van der Waals surface area contributed by atoms with Gasteiger partial charge in [-0.1, -0.05) is 13.0 Å². The number of imidazole rings is 1. The number of nitrogens with zero attached hydrogens (tertiary/aromatic N) is 4. The van der Waals surface area contributed by atoms with Gasteiger partial charge < -0.3 is 15.2 Å². The summed E-state index contributed by atoms with van der Waals surface area (Å²) in [7, 11) is 1.76. The van der Waals surface area contributed by atoms with E-state index in [1.54, 1.807) is 18.1 Å². The Labute approximate surface area is 181 Å². The lowest BCUT2D eigenvalue weighted by Gasteiger charge is -2.12. The second-order valence-corrected chi connectivity index (χ2v) is 7.55. The molecule has 8 nitrogen and oxygen atoms in total. The monoisotopic (exact) mass is 417 g/mol. The minimum absolute atomic E-state index is 0.0963. The fraction of sp³-hybridized carbons (Fsp3) is 0.304. The summed E-state index contributed by atoms with van der Waals surface area (Å²) >= 11 is 0. The molecule has 0 spiro atoms. The first-order valence-corrected chi connectivity index (χ1v) is 10.5. The third kappa shape index (κ3) is 3.94. The van der Waals surface area contributed by atoms with Crippen molar-refractivity contribution in [1.29, 1.82) is 0 Å². The first-order chi connectivity index (χ1) is 15.0. The van der Waals surface area contributed by atoms with E-state index in [4.69, 9.17) is 0 Å². The summed E-state index contributed by atoms with van der Waals surface area (Å²) in [5.41, 5.74) is 6.57. The average Bonchev–Trinajstić information content (AvgIpc) is 3.44. The molecule has 31 heavy (non-hydrogen) atoms. The number of hydrogen-bond donors (Lipinski definition) is 3. The van der Waals surface area contributed by atoms with Crippen molar-refractivity contribution >= 4 is 16.8 Å². The van der Waals surface area contributed by atoms with Gasteiger partial charge in [0.05, 0.1) is 11.7 Å². The number of benzene rings is 1. The Morgan fingerprint density at radius 1 is 1.19 bits per heavy atom. The summed E-state index contributed by atoms with van der Waals surface area (Å²) in [6.45, 7) is 8.48. The molecule has 160 valence electrons. The lowest BCUT2D eigenvalue weighted by Crippen LogP contribution is -2.26. The van der Waals surface area contributed by atoms with Crippen LogP contribution in [0.5, 0.6) is 0 Å². The molecule has 0 aliphatic carbocycles. The molecule has 1 amide bonds. The molecule has 0 radical (unpaired) electrons. The van der Waals surface area contributed by atoms with E-state index in [9.17, 15) is 4.79 Å². The van der Waals surface area contributed by atoms with E-state index in [0.717, 1.165) is 35.1 Å². The van der Waals surface area contributed by atoms with Gasteiger partial charge in [0, 0.05) is 43.5 Å². The third-order valence-corrected chi connectivity index (χ3v) is 5.61. The van der Waals surface area contributed by atoms with E-state index in [1.165, 1.54) is 11.1 Å². The van der Waals surface area contributed by atoms with E-state index in [1.807, 2.05) is 25.4 Å². The minimum Gasteiger partial charge on any atom is -0.341 e. The molecule has 0 fully saturated rings. The van der Waals surface area contributed by atoms with Gasteiger partial charge in [0.25, 0.3) is 5.91 Å². The fourth-order valence-corrected chi connectivity index (χ4v) is 3.56. The van der Waals surface area contributed by atoms with Crippen LogP contribution >= 0.6 is 0 Å². The van der Waals surface area contributed by atoms with Crippen molar-refractivity contribution in [3.8, 4) is 22.6 Å². The molecule has 0 saturated heterocycles. The van der Waals surface area contributed by atoms with Crippen molar-refractivity contribution in [2.75, 3.05) is 20.1 Å². The van der Waals surface area contributed by atoms with E-state index < -0.39 is 0 Å². The molecule has 3 aromatic heterocycles. The zero-order chi connectivity index (χ0) is 22.0. The molecule has 1 aromatic carbocycles. The highest BCUT2D eigenvalue weighted by atomic mass is 16.2. The Hall–Kier alpha value is -3.52. The topological polar surface area (TPSA) is 103 Å². The number of nitrogens with one attached hydrogen (secondary N) is 3. The van der Waals surface area contributed by atoms with E-state index in [-0.39, 0.29) is 5.91 Å². The van der Waals surface area contributed by atoms with Gasteiger partial charge in [0.2, 0.25) is 0 Å². The summed E-state index contributed by atoms with van der Waals surface area (Å²) in [6.07, 6.45) is 5.38. The molecular formula is C23H27N7O. The van der Waals surface area contributed by atoms with E-state index >= 15 is 0 Å². The number of carbonyl (C=O) groups is 1. The molecule has 0 saturated carbocycles. The normalized spacial score (nSPS) is 11.2. The largest absolute Gasteiger partial charge is 0.341 e. The quantitative estimate of drug-likeness (QED) is 0.427. The highest BCUT2D eigenvalue weighted by molar-refractivity contribution is 5.96. The van der Waals surface area contributed by atoms with Gasteiger partial charge in [0.1, 0.15) is 11.4 Å². The van der Waals surface area contributed by atoms with Crippen LogP contribution in [0.2, 0.25) is 0 Å². The summed E-state index contributed by atoms with van der Waals surface area (Å²) < 4.78 is 0. The predicted octanol–water partition coefficient (Wildman–Crippen LogP) is 3.52. The van der Waals surface area contributed by atoms with Crippen LogP contribution in [-0.4, -0.2) is 56.1 Å². The maximum atomic E-state index is 12.4. The number of amides is 1. The van der Waals surface area contributed by atoms with Crippen LogP contribution in [0.3, 0.4) is 0 Å². The molecule has 0 aliphatic rings. The maximum Gasteiger partial charge on any atom is 0.271 e. The fourth-order valence-electron chi connectivity index (χ4n) is 3.56. The van der Waals surface area contributed by atoms with Crippen LogP contribution in [0.25, 0.3) is 33.5 Å². The molecular weight excluding hydrogens is 390 g/mol. The number of fused-ring (bicyclic) bond motifs is 1. The minimum atomic E-state index is -0.0963. The number of aromatic amines is 2. The second-order valence-electron chi connectivity index (χ2n) is 7.55. The molecule has 3 N–H and O–H groups in total. The van der Waals surface area contributed by atoms with Gasteiger partial charge in [-0.05, 0) is 49.2 Å². The lowest BCUT2D eigenvalue weighted by molar-refractivity contribution is 0.0797. The van der Waals surface area contributed by atoms with Crippen molar-refractivity contribution in [2.24, 2.45) is 0 Å². The average molecular weight is 418 g/mol. The smallest absolute Gasteiger partial charge is 0.271 e. The number of carbonyl (C=O) groups excluding carboxylic acids is 1. The summed E-state index contributed by atoms with van der Waals surface area (Å²) in [5.74, 6) is 0.466. The number of rotatable bonds is 7. The van der Waals surface area contributed by atoms with Crippen LogP contribution in [0, 0.1) is 6.92 Å². The maximum absolute atomic E-state index is 12.4. The van der Waals surface area contributed by atoms with Crippen LogP contribution in [0.4, 0.5) is 0 Å². The number of pyridine rings is 1. The predicted molar refractivity (Wildman–Crippen MR) is 122 cm³/mol. The summed E-state index contributed by atoms with van der Waals surface area (Å²) in [6, 6.07) is 6.17. The van der Waals surface area contributed by atoms with Crippen molar-refractivity contribution in [3.63, 3.8) is 0 Å². The SMILES string of the molecule is CCNCc1cncc(-c2ccc3[nH]nc(-c4ncc(C(=O)N(C)CC)[nH]4)c3c2)c1C. The van der Waals surface area contributed by atoms with Crippen molar-refractivity contribution in [2.45, 2.75) is 27.3 Å². The first kappa shape index (κ1) is 20.7. The van der Waals surface area contributed by atoms with Gasteiger partial charge in [-0.2, -0.15) is 5.10 Å². The molecule has 0 bridgehead atoms. The number of H-pyrrole nitrogens is 2. The van der Waals surface area contributed by atoms with Gasteiger partial charge in [-0.25, -0.2) is 4.98 Å². The van der Waals surface area contributed by atoms with Crippen LogP contribution in [-0.2, 0) is 6.54 Å². The summed E-state index contributed by atoms with van der Waals surface area (Å²) in [4.78, 5) is 26.0. The standard InChI is InChI=1S/C23H27N7O/c1-5-24-10-16-11-25-12-18(14(16)3)15-7-8-19-17(9-15)21(29-28-19)22-26-13-20(27-22)23(31)30(4)6-2/h7-9,11-13,24H,5-6,10H2,1-4H3,(H,26,27)(H,28,29). The molecule has 4 rings (SSSR count). The Morgan fingerprint density at radius 3 is 2.81 bits per heavy atom. The van der Waals surface area contributed by atoms with Gasteiger partial charge in [-0.15, -0.1) is 0 Å². The van der Waals surface area contributed by atoms with Crippen molar-refractivity contribution in [1.82, 2.24) is 35.4 Å². The Morgan fingerprint density at radius 2 is 2.03 bits per heavy atom. The highest BCUT2D eigenvalue weighted by Crippen LogP contribution is 2.31. The van der Waals surface area contributed by atoms with Crippen molar-refractivity contribution in [3.05, 3.63) is 53.6 Å². The van der Waals surface area contributed by atoms with Crippen LogP contribution in [0.15, 0.2) is 36.8 Å². The molecule has 3 heterocycles. The Balaban J connectivity index is 1.73. The lowest BCUT2D eigenvalue weighted by atomic mass is 9.98. The van der Waals surface area contributed by atoms with Gasteiger partial charge in [-0.3, -0.25) is 14.9 Å².